The van der Waals surface area contributed by atoms with Gasteiger partial charge in [-0.2, -0.15) is 0 Å². The molecule has 0 aliphatic carbocycles. The third-order valence-corrected chi connectivity index (χ3v) is 2.89. The van der Waals surface area contributed by atoms with E-state index in [4.69, 9.17) is 0 Å². The Balaban J connectivity index is 2.43. The van der Waals surface area contributed by atoms with E-state index in [1.54, 1.807) is 6.20 Å². The van der Waals surface area contributed by atoms with E-state index in [1.165, 1.54) is 22.3 Å². The van der Waals surface area contributed by atoms with Crippen LogP contribution in [0.15, 0.2) is 42.7 Å². The van der Waals surface area contributed by atoms with Gasteiger partial charge in [0.25, 0.3) is 0 Å². The molecule has 1 heterocycles. The zero-order valence-electron chi connectivity index (χ0n) is 10.1. The summed E-state index contributed by atoms with van der Waals surface area (Å²) in [5.74, 6) is 0.586. The lowest BCUT2D eigenvalue weighted by Gasteiger charge is -2.11. The number of aromatic nitrogens is 1. The minimum atomic E-state index is 0.586. The third kappa shape index (κ3) is 2.13. The van der Waals surface area contributed by atoms with Crippen LogP contribution in [0.1, 0.15) is 30.9 Å². The lowest BCUT2D eigenvalue weighted by atomic mass is 9.94. The SMILES string of the molecule is Cc1cc(-c2cccnc2)ccc1C(C)C. The van der Waals surface area contributed by atoms with Crippen molar-refractivity contribution in [1.29, 1.82) is 0 Å². The summed E-state index contributed by atoms with van der Waals surface area (Å²) in [7, 11) is 0. The van der Waals surface area contributed by atoms with Crippen LogP contribution in [0.5, 0.6) is 0 Å². The molecule has 0 N–H and O–H groups in total. The summed E-state index contributed by atoms with van der Waals surface area (Å²) in [6.45, 7) is 6.63. The minimum Gasteiger partial charge on any atom is -0.264 e. The van der Waals surface area contributed by atoms with Crippen molar-refractivity contribution in [2.75, 3.05) is 0 Å². The Kier molecular flexibility index (Phi) is 3.04. The molecule has 0 spiro atoms. The topological polar surface area (TPSA) is 12.9 Å². The van der Waals surface area contributed by atoms with Crippen LogP contribution in [0.25, 0.3) is 11.1 Å². The lowest BCUT2D eigenvalue weighted by Crippen LogP contribution is -1.92. The molecule has 0 saturated carbocycles. The maximum absolute atomic E-state index is 4.15. The van der Waals surface area contributed by atoms with E-state index in [-0.39, 0.29) is 0 Å². The monoisotopic (exact) mass is 211 g/mol. The van der Waals surface area contributed by atoms with Crippen molar-refractivity contribution >= 4 is 0 Å². The van der Waals surface area contributed by atoms with Crippen LogP contribution in [0.2, 0.25) is 0 Å². The van der Waals surface area contributed by atoms with Gasteiger partial charge in [0.2, 0.25) is 0 Å². The smallest absolute Gasteiger partial charge is 0.0346 e. The molecule has 0 aliphatic heterocycles. The second-order valence-corrected chi connectivity index (χ2v) is 4.47. The van der Waals surface area contributed by atoms with Crippen LogP contribution in [0, 0.1) is 6.92 Å². The van der Waals surface area contributed by atoms with Gasteiger partial charge in [0.1, 0.15) is 0 Å². The van der Waals surface area contributed by atoms with Crippen LogP contribution in [-0.4, -0.2) is 4.98 Å². The molecule has 0 aliphatic rings. The van der Waals surface area contributed by atoms with E-state index < -0.39 is 0 Å². The molecule has 0 saturated heterocycles. The molecule has 16 heavy (non-hydrogen) atoms. The molecule has 1 nitrogen and oxygen atoms in total. The Morgan fingerprint density at radius 1 is 1.06 bits per heavy atom. The first-order valence-corrected chi connectivity index (χ1v) is 5.69. The van der Waals surface area contributed by atoms with Gasteiger partial charge in [-0.1, -0.05) is 38.1 Å². The van der Waals surface area contributed by atoms with E-state index in [2.05, 4.69) is 50.0 Å². The fourth-order valence-electron chi connectivity index (χ4n) is 2.04. The molecule has 82 valence electrons. The fraction of sp³-hybridized carbons (Fsp3) is 0.267. The summed E-state index contributed by atoms with van der Waals surface area (Å²) in [6.07, 6.45) is 3.71. The Morgan fingerprint density at radius 3 is 2.44 bits per heavy atom. The molecule has 0 radical (unpaired) electrons. The second-order valence-electron chi connectivity index (χ2n) is 4.47. The van der Waals surface area contributed by atoms with E-state index in [0.717, 1.165) is 0 Å². The Hall–Kier alpha value is -1.63. The number of rotatable bonds is 2. The molecule has 1 heteroatoms. The predicted octanol–water partition coefficient (Wildman–Crippen LogP) is 4.18. The largest absolute Gasteiger partial charge is 0.264 e. The summed E-state index contributed by atoms with van der Waals surface area (Å²) in [5.41, 5.74) is 5.21. The summed E-state index contributed by atoms with van der Waals surface area (Å²) in [6, 6.07) is 10.7. The first-order valence-electron chi connectivity index (χ1n) is 5.69. The number of hydrogen-bond acceptors (Lipinski definition) is 1. The van der Waals surface area contributed by atoms with Gasteiger partial charge in [0.05, 0.1) is 0 Å². The van der Waals surface area contributed by atoms with Gasteiger partial charge in [-0.15, -0.1) is 0 Å². The van der Waals surface area contributed by atoms with Crippen molar-refractivity contribution in [3.8, 4) is 11.1 Å². The summed E-state index contributed by atoms with van der Waals surface area (Å²) in [5, 5.41) is 0. The number of hydrogen-bond donors (Lipinski definition) is 0. The van der Waals surface area contributed by atoms with Gasteiger partial charge in [-0.05, 0) is 41.2 Å². The zero-order chi connectivity index (χ0) is 11.5. The van der Waals surface area contributed by atoms with E-state index in [0.29, 0.717) is 5.92 Å². The third-order valence-electron chi connectivity index (χ3n) is 2.89. The Morgan fingerprint density at radius 2 is 1.88 bits per heavy atom. The van der Waals surface area contributed by atoms with Crippen LogP contribution < -0.4 is 0 Å². The molecule has 2 aromatic rings. The zero-order valence-corrected chi connectivity index (χ0v) is 10.1. The van der Waals surface area contributed by atoms with Gasteiger partial charge in [-0.3, -0.25) is 4.98 Å². The average Bonchev–Trinajstić information content (AvgIpc) is 2.29. The molecular weight excluding hydrogens is 194 g/mol. The first kappa shape index (κ1) is 10.9. The summed E-state index contributed by atoms with van der Waals surface area (Å²) >= 11 is 0. The van der Waals surface area contributed by atoms with Crippen molar-refractivity contribution in [3.63, 3.8) is 0 Å². The molecule has 1 aromatic carbocycles. The van der Waals surface area contributed by atoms with Crippen molar-refractivity contribution in [2.45, 2.75) is 26.7 Å². The van der Waals surface area contributed by atoms with Crippen molar-refractivity contribution in [2.24, 2.45) is 0 Å². The second kappa shape index (κ2) is 4.48. The van der Waals surface area contributed by atoms with Crippen molar-refractivity contribution in [1.82, 2.24) is 4.98 Å². The number of benzene rings is 1. The highest BCUT2D eigenvalue weighted by molar-refractivity contribution is 5.63. The van der Waals surface area contributed by atoms with Gasteiger partial charge in [-0.25, -0.2) is 0 Å². The maximum Gasteiger partial charge on any atom is 0.0346 e. The van der Waals surface area contributed by atoms with E-state index in [9.17, 15) is 0 Å². The number of nitrogens with zero attached hydrogens (tertiary/aromatic N) is 1. The normalized spacial score (nSPS) is 10.8. The van der Waals surface area contributed by atoms with E-state index >= 15 is 0 Å². The molecule has 0 amide bonds. The molecule has 1 aromatic heterocycles. The van der Waals surface area contributed by atoms with Gasteiger partial charge < -0.3 is 0 Å². The molecule has 0 unspecified atom stereocenters. The highest BCUT2D eigenvalue weighted by atomic mass is 14.6. The van der Waals surface area contributed by atoms with E-state index in [1.807, 2.05) is 12.3 Å². The Labute approximate surface area is 97.2 Å². The van der Waals surface area contributed by atoms with Crippen LogP contribution in [0.3, 0.4) is 0 Å². The summed E-state index contributed by atoms with van der Waals surface area (Å²) in [4.78, 5) is 4.15. The first-order chi connectivity index (χ1) is 7.68. The van der Waals surface area contributed by atoms with Gasteiger partial charge >= 0.3 is 0 Å². The number of pyridine rings is 1. The van der Waals surface area contributed by atoms with Crippen molar-refractivity contribution in [3.05, 3.63) is 53.9 Å². The van der Waals surface area contributed by atoms with Crippen LogP contribution >= 0.6 is 0 Å². The average molecular weight is 211 g/mol. The molecular formula is C15H17N. The molecule has 0 fully saturated rings. The lowest BCUT2D eigenvalue weighted by molar-refractivity contribution is 0.857. The number of aryl methyl sites for hydroxylation is 1. The summed E-state index contributed by atoms with van der Waals surface area (Å²) < 4.78 is 0. The maximum atomic E-state index is 4.15. The van der Waals surface area contributed by atoms with Crippen LogP contribution in [-0.2, 0) is 0 Å². The van der Waals surface area contributed by atoms with Crippen LogP contribution in [0.4, 0.5) is 0 Å². The standard InChI is InChI=1S/C15H17N/c1-11(2)15-7-6-13(9-12(15)3)14-5-4-8-16-10-14/h4-11H,1-3H3. The Bertz CT molecular complexity index is 472. The fourth-order valence-corrected chi connectivity index (χ4v) is 2.04. The quantitative estimate of drug-likeness (QED) is 0.726. The van der Waals surface area contributed by atoms with Gasteiger partial charge in [0.15, 0.2) is 0 Å². The molecule has 0 atom stereocenters. The highest BCUT2D eigenvalue weighted by Gasteiger charge is 2.05. The predicted molar refractivity (Wildman–Crippen MR) is 68.5 cm³/mol. The highest BCUT2D eigenvalue weighted by Crippen LogP contribution is 2.25. The molecule has 0 bridgehead atoms. The van der Waals surface area contributed by atoms with Crippen molar-refractivity contribution < 1.29 is 0 Å². The minimum absolute atomic E-state index is 0.586. The van der Waals surface area contributed by atoms with Gasteiger partial charge in [0, 0.05) is 12.4 Å². The molecule has 2 rings (SSSR count).